The second-order valence-corrected chi connectivity index (χ2v) is 4.00. The fourth-order valence-electron chi connectivity index (χ4n) is 1.93. The number of aliphatic hydroxyl groups excluding tert-OH is 1. The lowest BCUT2D eigenvalue weighted by atomic mass is 9.98. The van der Waals surface area contributed by atoms with Crippen molar-refractivity contribution < 1.29 is 36.6 Å². The number of benzene rings is 1. The molecule has 0 saturated carbocycles. The zero-order chi connectivity index (χ0) is 15.2. The number of aliphatic hydroxyl groups is 1. The average Bonchev–Trinajstić information content (AvgIpc) is 2.70. The first kappa shape index (κ1) is 14.3. The zero-order valence-electron chi connectivity index (χ0n) is 9.94. The molecule has 8 heteroatoms. The van der Waals surface area contributed by atoms with E-state index in [0.717, 1.165) is 0 Å². The van der Waals surface area contributed by atoms with E-state index in [2.05, 4.69) is 4.74 Å². The molecule has 1 N–H and O–H groups in total. The van der Waals surface area contributed by atoms with Crippen LogP contribution in [0, 0.1) is 29.1 Å². The summed E-state index contributed by atoms with van der Waals surface area (Å²) < 4.78 is 70.8. The van der Waals surface area contributed by atoms with E-state index in [4.69, 9.17) is 0 Å². The molecule has 0 fully saturated rings. The van der Waals surface area contributed by atoms with E-state index in [1.165, 1.54) is 6.92 Å². The monoisotopic (exact) mass is 294 g/mol. The van der Waals surface area contributed by atoms with Gasteiger partial charge < -0.3 is 9.84 Å². The van der Waals surface area contributed by atoms with Gasteiger partial charge in [-0.05, 0) is 6.42 Å². The lowest BCUT2D eigenvalue weighted by molar-refractivity contribution is -0.142. The SMILES string of the molecule is CCC1=C(O)C(=O)O[C@@H]1c1c(F)c(F)c(F)c(F)c1F. The van der Waals surface area contributed by atoms with Gasteiger partial charge in [0.25, 0.3) is 0 Å². The van der Waals surface area contributed by atoms with Crippen LogP contribution in [0.15, 0.2) is 11.3 Å². The highest BCUT2D eigenvalue weighted by molar-refractivity contribution is 5.89. The molecule has 1 aromatic carbocycles. The van der Waals surface area contributed by atoms with Crippen molar-refractivity contribution in [3.05, 3.63) is 46.0 Å². The van der Waals surface area contributed by atoms with Gasteiger partial charge in [-0.1, -0.05) is 6.92 Å². The summed E-state index contributed by atoms with van der Waals surface area (Å²) in [5, 5.41) is 9.36. The van der Waals surface area contributed by atoms with Gasteiger partial charge in [0.1, 0.15) is 0 Å². The predicted octanol–water partition coefficient (Wildman–Crippen LogP) is 3.20. The van der Waals surface area contributed by atoms with Crippen LogP contribution in [0.2, 0.25) is 0 Å². The Morgan fingerprint density at radius 3 is 1.90 bits per heavy atom. The molecular weight excluding hydrogens is 287 g/mol. The van der Waals surface area contributed by atoms with Crippen LogP contribution >= 0.6 is 0 Å². The fourth-order valence-corrected chi connectivity index (χ4v) is 1.93. The van der Waals surface area contributed by atoms with Crippen LogP contribution in [-0.4, -0.2) is 11.1 Å². The third-order valence-electron chi connectivity index (χ3n) is 2.93. The van der Waals surface area contributed by atoms with Crippen molar-refractivity contribution in [2.24, 2.45) is 0 Å². The number of carbonyl (C=O) groups is 1. The highest BCUT2D eigenvalue weighted by Gasteiger charge is 2.40. The maximum atomic E-state index is 13.6. The third kappa shape index (κ3) is 1.83. The van der Waals surface area contributed by atoms with E-state index in [-0.39, 0.29) is 12.0 Å². The summed E-state index contributed by atoms with van der Waals surface area (Å²) in [6, 6.07) is 0. The van der Waals surface area contributed by atoms with Gasteiger partial charge in [0.2, 0.25) is 11.6 Å². The molecule has 0 radical (unpaired) electrons. The lowest BCUT2D eigenvalue weighted by Gasteiger charge is -2.15. The summed E-state index contributed by atoms with van der Waals surface area (Å²) in [5.74, 6) is -13.0. The summed E-state index contributed by atoms with van der Waals surface area (Å²) >= 11 is 0. The van der Waals surface area contributed by atoms with Crippen LogP contribution < -0.4 is 0 Å². The fraction of sp³-hybridized carbons (Fsp3) is 0.250. The average molecular weight is 294 g/mol. The highest BCUT2D eigenvalue weighted by Crippen LogP contribution is 2.40. The Balaban J connectivity index is 2.69. The van der Waals surface area contributed by atoms with Gasteiger partial charge in [-0.25, -0.2) is 26.7 Å². The second-order valence-electron chi connectivity index (χ2n) is 4.00. The van der Waals surface area contributed by atoms with Crippen molar-refractivity contribution in [2.45, 2.75) is 19.4 Å². The molecule has 20 heavy (non-hydrogen) atoms. The minimum Gasteiger partial charge on any atom is -0.502 e. The van der Waals surface area contributed by atoms with E-state index in [1.54, 1.807) is 0 Å². The number of hydrogen-bond donors (Lipinski definition) is 1. The minimum absolute atomic E-state index is 0.0677. The van der Waals surface area contributed by atoms with Crippen molar-refractivity contribution >= 4 is 5.97 Å². The Kier molecular flexibility index (Phi) is 3.41. The normalized spacial score (nSPS) is 18.7. The third-order valence-corrected chi connectivity index (χ3v) is 2.93. The maximum absolute atomic E-state index is 13.6. The lowest BCUT2D eigenvalue weighted by Crippen LogP contribution is -2.13. The van der Waals surface area contributed by atoms with Gasteiger partial charge in [0, 0.05) is 5.57 Å². The zero-order valence-corrected chi connectivity index (χ0v) is 9.94. The molecule has 1 atom stereocenters. The number of halogens is 5. The van der Waals surface area contributed by atoms with Crippen LogP contribution in [0.25, 0.3) is 0 Å². The first-order valence-electron chi connectivity index (χ1n) is 5.45. The Morgan fingerprint density at radius 2 is 1.45 bits per heavy atom. The Labute approximate surface area is 109 Å². The van der Waals surface area contributed by atoms with Crippen molar-refractivity contribution in [1.29, 1.82) is 0 Å². The van der Waals surface area contributed by atoms with Crippen molar-refractivity contribution in [2.75, 3.05) is 0 Å². The van der Waals surface area contributed by atoms with E-state index >= 15 is 0 Å². The van der Waals surface area contributed by atoms with E-state index in [1.807, 2.05) is 0 Å². The molecule has 0 amide bonds. The number of carbonyl (C=O) groups excluding carboxylic acids is 1. The molecule has 3 nitrogen and oxygen atoms in total. The minimum atomic E-state index is -2.31. The molecule has 0 aliphatic carbocycles. The van der Waals surface area contributed by atoms with Crippen LogP contribution in [0.3, 0.4) is 0 Å². The van der Waals surface area contributed by atoms with Crippen LogP contribution in [0.4, 0.5) is 22.0 Å². The molecule has 0 spiro atoms. The topological polar surface area (TPSA) is 46.5 Å². The molecule has 2 rings (SSSR count). The van der Waals surface area contributed by atoms with E-state index in [9.17, 15) is 31.9 Å². The van der Waals surface area contributed by atoms with E-state index < -0.39 is 52.5 Å². The molecule has 1 aliphatic heterocycles. The summed E-state index contributed by atoms with van der Waals surface area (Å²) in [5.41, 5.74) is -1.55. The largest absolute Gasteiger partial charge is 0.502 e. The van der Waals surface area contributed by atoms with Crippen molar-refractivity contribution in [3.63, 3.8) is 0 Å². The van der Waals surface area contributed by atoms with Gasteiger partial charge in [-0.3, -0.25) is 0 Å². The first-order valence-corrected chi connectivity index (χ1v) is 5.45. The number of hydrogen-bond acceptors (Lipinski definition) is 3. The van der Waals surface area contributed by atoms with E-state index in [0.29, 0.717) is 0 Å². The number of esters is 1. The summed E-state index contributed by atoms with van der Waals surface area (Å²) in [4.78, 5) is 11.1. The molecule has 108 valence electrons. The van der Waals surface area contributed by atoms with Crippen LogP contribution in [0.1, 0.15) is 25.0 Å². The Morgan fingerprint density at radius 1 is 1.00 bits per heavy atom. The van der Waals surface area contributed by atoms with Gasteiger partial charge in [-0.15, -0.1) is 0 Å². The maximum Gasteiger partial charge on any atom is 0.374 e. The molecule has 1 aliphatic rings. The molecule has 0 unspecified atom stereocenters. The molecule has 0 saturated heterocycles. The number of cyclic esters (lactones) is 1. The van der Waals surface area contributed by atoms with Gasteiger partial charge in [0.15, 0.2) is 29.4 Å². The summed E-state index contributed by atoms with van der Waals surface area (Å²) in [7, 11) is 0. The van der Waals surface area contributed by atoms with Gasteiger partial charge in [-0.2, -0.15) is 0 Å². The van der Waals surface area contributed by atoms with Gasteiger partial charge >= 0.3 is 5.97 Å². The molecule has 0 bridgehead atoms. The predicted molar refractivity (Wildman–Crippen MR) is 55.0 cm³/mol. The molecule has 0 aromatic heterocycles. The standard InChI is InChI=1S/C12H7F5O3/c1-2-3-10(18)12(19)20-11(3)4-5(13)7(15)9(17)8(16)6(4)14/h11,18H,2H2,1H3/t11-/m0/s1. The van der Waals surface area contributed by atoms with Crippen molar-refractivity contribution in [3.8, 4) is 0 Å². The molecular formula is C12H7F5O3. The molecule has 1 aromatic rings. The summed E-state index contributed by atoms with van der Waals surface area (Å²) in [6.45, 7) is 1.42. The molecule has 1 heterocycles. The van der Waals surface area contributed by atoms with Crippen molar-refractivity contribution in [1.82, 2.24) is 0 Å². The second kappa shape index (κ2) is 4.77. The Hall–Kier alpha value is -2.12. The van der Waals surface area contributed by atoms with Gasteiger partial charge in [0.05, 0.1) is 5.56 Å². The number of rotatable bonds is 2. The first-order chi connectivity index (χ1) is 9.31. The quantitative estimate of drug-likeness (QED) is 0.394. The van der Waals surface area contributed by atoms with Crippen LogP contribution in [0.5, 0.6) is 0 Å². The Bertz CT molecular complexity index is 609. The smallest absolute Gasteiger partial charge is 0.374 e. The number of ether oxygens (including phenoxy) is 1. The summed E-state index contributed by atoms with van der Waals surface area (Å²) in [6.07, 6.45) is -1.90. The van der Waals surface area contributed by atoms with Crippen LogP contribution in [-0.2, 0) is 9.53 Å². The highest BCUT2D eigenvalue weighted by atomic mass is 19.2.